The minimum absolute atomic E-state index is 0.0382. The molecule has 3 unspecified atom stereocenters. The van der Waals surface area contributed by atoms with Gasteiger partial charge in [-0.15, -0.1) is 0 Å². The van der Waals surface area contributed by atoms with Crippen LogP contribution in [0.4, 0.5) is 4.39 Å². The van der Waals surface area contributed by atoms with Crippen LogP contribution in [0.1, 0.15) is 80.6 Å². The van der Waals surface area contributed by atoms with Crippen molar-refractivity contribution in [3.8, 4) is 0 Å². The minimum atomic E-state index is -0.873. The van der Waals surface area contributed by atoms with Crippen LogP contribution in [0.3, 0.4) is 0 Å². The molecule has 1 spiro atoms. The van der Waals surface area contributed by atoms with Crippen LogP contribution in [0.5, 0.6) is 0 Å². The van der Waals surface area contributed by atoms with E-state index in [1.54, 1.807) is 0 Å². The molecule has 0 N–H and O–H groups in total. The smallest absolute Gasteiger partial charge is 0.114 e. The largest absolute Gasteiger partial charge is 0.244 e. The number of alkyl halides is 1. The zero-order chi connectivity index (χ0) is 14.7. The summed E-state index contributed by atoms with van der Waals surface area (Å²) in [6.45, 7) is 16.1. The predicted molar refractivity (Wildman–Crippen MR) is 80.9 cm³/mol. The first kappa shape index (κ1) is 15.3. The predicted octanol–water partition coefficient (Wildman–Crippen LogP) is 6.00. The van der Waals surface area contributed by atoms with Crippen molar-refractivity contribution in [2.75, 3.05) is 0 Å². The molecule has 0 amide bonds. The normalized spacial score (nSPS) is 44.2. The molecular weight excluding hydrogens is 235 g/mol. The van der Waals surface area contributed by atoms with Crippen molar-refractivity contribution in [2.45, 2.75) is 86.2 Å². The Morgan fingerprint density at radius 2 is 1.16 bits per heavy atom. The van der Waals surface area contributed by atoms with Gasteiger partial charge in [-0.1, -0.05) is 41.5 Å². The van der Waals surface area contributed by atoms with Crippen LogP contribution < -0.4 is 0 Å². The molecule has 2 aliphatic rings. The average molecular weight is 268 g/mol. The Kier molecular flexibility index (Phi) is 3.40. The summed E-state index contributed by atoms with van der Waals surface area (Å²) in [6, 6.07) is 0. The summed E-state index contributed by atoms with van der Waals surface area (Å²) >= 11 is 0. The molecule has 0 saturated heterocycles. The van der Waals surface area contributed by atoms with Crippen molar-refractivity contribution < 1.29 is 4.39 Å². The first-order valence-electron chi connectivity index (χ1n) is 8.08. The molecule has 0 radical (unpaired) electrons. The van der Waals surface area contributed by atoms with Gasteiger partial charge < -0.3 is 0 Å². The zero-order valence-electron chi connectivity index (χ0n) is 14.1. The van der Waals surface area contributed by atoms with Gasteiger partial charge in [-0.05, 0) is 61.7 Å². The van der Waals surface area contributed by atoms with Gasteiger partial charge >= 0.3 is 0 Å². The Bertz CT molecular complexity index is 316. The second-order valence-corrected chi connectivity index (χ2v) is 9.68. The van der Waals surface area contributed by atoms with Crippen LogP contribution in [-0.2, 0) is 0 Å². The third-order valence-corrected chi connectivity index (χ3v) is 6.23. The van der Waals surface area contributed by atoms with Gasteiger partial charge in [0.15, 0.2) is 0 Å². The second-order valence-electron chi connectivity index (χ2n) is 9.68. The Labute approximate surface area is 119 Å². The van der Waals surface area contributed by atoms with Gasteiger partial charge in [0.2, 0.25) is 0 Å². The third-order valence-electron chi connectivity index (χ3n) is 6.23. The molecule has 1 heteroatoms. The summed E-state index contributed by atoms with van der Waals surface area (Å²) in [5, 5.41) is 0. The SMILES string of the molecule is CC(C)(C)C1CCC2(CCC1C(C)(C)C)CC2(C)F. The summed E-state index contributed by atoms with van der Waals surface area (Å²) in [7, 11) is 0. The van der Waals surface area contributed by atoms with Crippen molar-refractivity contribution in [1.82, 2.24) is 0 Å². The lowest BCUT2D eigenvalue weighted by molar-refractivity contribution is 0.0646. The van der Waals surface area contributed by atoms with Gasteiger partial charge in [0.05, 0.1) is 0 Å². The molecule has 2 fully saturated rings. The van der Waals surface area contributed by atoms with E-state index in [9.17, 15) is 4.39 Å². The number of rotatable bonds is 0. The third kappa shape index (κ3) is 2.72. The maximum Gasteiger partial charge on any atom is 0.114 e. The van der Waals surface area contributed by atoms with Crippen molar-refractivity contribution >= 4 is 0 Å². The molecule has 0 nitrogen and oxygen atoms in total. The summed E-state index contributed by atoms with van der Waals surface area (Å²) < 4.78 is 14.4. The molecule has 3 atom stereocenters. The first-order chi connectivity index (χ1) is 8.39. The first-order valence-corrected chi connectivity index (χ1v) is 8.08. The lowest BCUT2D eigenvalue weighted by Crippen LogP contribution is -2.35. The summed E-state index contributed by atoms with van der Waals surface area (Å²) in [6.07, 6.45) is 5.45. The fourth-order valence-electron chi connectivity index (χ4n) is 4.75. The van der Waals surface area contributed by atoms with E-state index in [-0.39, 0.29) is 5.41 Å². The fourth-order valence-corrected chi connectivity index (χ4v) is 4.75. The van der Waals surface area contributed by atoms with Crippen molar-refractivity contribution in [3.05, 3.63) is 0 Å². The van der Waals surface area contributed by atoms with Crippen LogP contribution in [0.2, 0.25) is 0 Å². The Morgan fingerprint density at radius 3 is 1.37 bits per heavy atom. The fraction of sp³-hybridized carbons (Fsp3) is 1.00. The van der Waals surface area contributed by atoms with Gasteiger partial charge in [-0.3, -0.25) is 0 Å². The lowest BCUT2D eigenvalue weighted by Gasteiger charge is -2.43. The Balaban J connectivity index is 2.23. The zero-order valence-corrected chi connectivity index (χ0v) is 14.1. The highest BCUT2D eigenvalue weighted by atomic mass is 19.1. The van der Waals surface area contributed by atoms with Gasteiger partial charge in [-0.2, -0.15) is 0 Å². The van der Waals surface area contributed by atoms with E-state index >= 15 is 0 Å². The monoisotopic (exact) mass is 268 g/mol. The molecular formula is C18H33F. The van der Waals surface area contributed by atoms with E-state index in [0.29, 0.717) is 10.8 Å². The minimum Gasteiger partial charge on any atom is -0.244 e. The van der Waals surface area contributed by atoms with Gasteiger partial charge in [-0.25, -0.2) is 4.39 Å². The second kappa shape index (κ2) is 4.21. The lowest BCUT2D eigenvalue weighted by atomic mass is 9.62. The van der Waals surface area contributed by atoms with Crippen LogP contribution in [-0.4, -0.2) is 5.67 Å². The molecule has 2 rings (SSSR count). The molecule has 0 aromatic heterocycles. The molecule has 19 heavy (non-hydrogen) atoms. The van der Waals surface area contributed by atoms with Gasteiger partial charge in [0.1, 0.15) is 5.67 Å². The Morgan fingerprint density at radius 1 is 0.842 bits per heavy atom. The van der Waals surface area contributed by atoms with E-state index in [2.05, 4.69) is 41.5 Å². The van der Waals surface area contributed by atoms with Crippen LogP contribution in [0.15, 0.2) is 0 Å². The van der Waals surface area contributed by atoms with Crippen LogP contribution in [0.25, 0.3) is 0 Å². The standard InChI is InChI=1S/C18H33F/c1-15(2,3)13-8-10-18(12-17(18,7)19)11-9-14(13)16(4,5)6/h13-14H,8-12H2,1-7H3. The van der Waals surface area contributed by atoms with Gasteiger partial charge in [0.25, 0.3) is 0 Å². The van der Waals surface area contributed by atoms with E-state index in [4.69, 9.17) is 0 Å². The summed E-state index contributed by atoms with van der Waals surface area (Å²) in [4.78, 5) is 0. The number of halogens is 1. The highest BCUT2D eigenvalue weighted by Gasteiger charge is 2.65. The van der Waals surface area contributed by atoms with Gasteiger partial charge in [0, 0.05) is 5.41 Å². The maximum absolute atomic E-state index is 14.4. The average Bonchev–Trinajstić information content (AvgIpc) is 2.77. The molecule has 2 saturated carbocycles. The summed E-state index contributed by atoms with van der Waals surface area (Å²) in [5.74, 6) is 1.45. The van der Waals surface area contributed by atoms with E-state index in [0.717, 1.165) is 31.1 Å². The number of hydrogen-bond acceptors (Lipinski definition) is 0. The molecule has 0 aromatic carbocycles. The number of hydrogen-bond donors (Lipinski definition) is 0. The topological polar surface area (TPSA) is 0 Å². The van der Waals surface area contributed by atoms with E-state index < -0.39 is 5.67 Å². The molecule has 0 heterocycles. The Hall–Kier alpha value is -0.0700. The molecule has 0 aromatic rings. The molecule has 112 valence electrons. The van der Waals surface area contributed by atoms with Crippen LogP contribution >= 0.6 is 0 Å². The van der Waals surface area contributed by atoms with E-state index in [1.165, 1.54) is 12.8 Å². The van der Waals surface area contributed by atoms with Crippen molar-refractivity contribution in [3.63, 3.8) is 0 Å². The quantitative estimate of drug-likeness (QED) is 0.505. The maximum atomic E-state index is 14.4. The molecule has 0 aliphatic heterocycles. The molecule has 2 aliphatic carbocycles. The highest BCUT2D eigenvalue weighted by molar-refractivity contribution is 5.15. The van der Waals surface area contributed by atoms with Crippen LogP contribution in [0, 0.1) is 28.1 Å². The molecule has 0 bridgehead atoms. The van der Waals surface area contributed by atoms with E-state index in [1.807, 2.05) is 6.92 Å². The van der Waals surface area contributed by atoms with Crippen molar-refractivity contribution in [1.29, 1.82) is 0 Å². The van der Waals surface area contributed by atoms with Crippen molar-refractivity contribution in [2.24, 2.45) is 28.1 Å². The summed E-state index contributed by atoms with van der Waals surface area (Å²) in [5.41, 5.74) is -0.158. The highest BCUT2D eigenvalue weighted by Crippen LogP contribution is 2.68.